The minimum atomic E-state index is -1.03. The number of rotatable bonds is 10. The molecule has 3 fully saturated rings. The van der Waals surface area contributed by atoms with Gasteiger partial charge in [0, 0.05) is 6.54 Å². The van der Waals surface area contributed by atoms with E-state index in [2.05, 4.69) is 5.32 Å². The topological polar surface area (TPSA) is 105 Å². The molecule has 8 heteroatoms. The molecule has 6 atom stereocenters. The molecule has 3 saturated heterocycles. The van der Waals surface area contributed by atoms with Crippen LogP contribution in [0, 0.1) is 17.8 Å². The number of esters is 1. The van der Waals surface area contributed by atoms with E-state index < -0.39 is 41.6 Å². The molecule has 3 heterocycles. The van der Waals surface area contributed by atoms with Gasteiger partial charge < -0.3 is 24.8 Å². The number of nitrogens with zero attached hydrogens (tertiary/aromatic N) is 1. The quantitative estimate of drug-likeness (QED) is 0.404. The van der Waals surface area contributed by atoms with Gasteiger partial charge in [0.2, 0.25) is 11.8 Å². The normalized spacial score (nSPS) is 33.1. The van der Waals surface area contributed by atoms with E-state index in [0.717, 1.165) is 12.8 Å². The molecule has 3 aliphatic rings. The number of nitrogens with one attached hydrogen (secondary N) is 1. The lowest BCUT2D eigenvalue weighted by Gasteiger charge is -2.37. The number of likely N-dealkylation sites (tertiary alicyclic amines) is 1. The third kappa shape index (κ3) is 3.73. The maximum absolute atomic E-state index is 13.7. The van der Waals surface area contributed by atoms with Gasteiger partial charge in [0.25, 0.3) is 0 Å². The van der Waals surface area contributed by atoms with Gasteiger partial charge in [0.05, 0.1) is 37.2 Å². The Labute approximate surface area is 178 Å². The van der Waals surface area contributed by atoms with Crippen LogP contribution in [-0.2, 0) is 23.9 Å². The number of aliphatic hydroxyl groups is 1. The number of amides is 2. The molecule has 0 aromatic carbocycles. The van der Waals surface area contributed by atoms with E-state index >= 15 is 0 Å². The van der Waals surface area contributed by atoms with Gasteiger partial charge in [0.15, 0.2) is 0 Å². The fourth-order valence-corrected chi connectivity index (χ4v) is 5.60. The highest BCUT2D eigenvalue weighted by Crippen LogP contribution is 2.59. The number of fused-ring (bicyclic) bond motifs is 1. The van der Waals surface area contributed by atoms with Gasteiger partial charge in [-0.1, -0.05) is 27.2 Å². The Bertz CT molecular complexity index is 668. The molecule has 0 saturated carbocycles. The molecule has 1 spiro atoms. The van der Waals surface area contributed by atoms with Crippen molar-refractivity contribution in [2.24, 2.45) is 17.8 Å². The molecular weight excluding hydrogens is 388 g/mol. The maximum atomic E-state index is 13.7. The van der Waals surface area contributed by atoms with Gasteiger partial charge in [-0.15, -0.1) is 0 Å². The molecule has 0 aliphatic carbocycles. The molecule has 170 valence electrons. The van der Waals surface area contributed by atoms with Crippen LogP contribution in [0.3, 0.4) is 0 Å². The van der Waals surface area contributed by atoms with Gasteiger partial charge in [-0.05, 0) is 38.5 Å². The molecule has 8 nitrogen and oxygen atoms in total. The van der Waals surface area contributed by atoms with Crippen molar-refractivity contribution in [2.45, 2.75) is 83.6 Å². The third-order valence-electron chi connectivity index (χ3n) is 6.72. The lowest BCUT2D eigenvalue weighted by molar-refractivity contribution is -0.155. The Kier molecular flexibility index (Phi) is 7.07. The summed E-state index contributed by atoms with van der Waals surface area (Å²) >= 11 is 0. The van der Waals surface area contributed by atoms with E-state index in [1.54, 1.807) is 6.92 Å². The Morgan fingerprint density at radius 3 is 2.70 bits per heavy atom. The first-order valence-corrected chi connectivity index (χ1v) is 11.4. The zero-order chi connectivity index (χ0) is 22.1. The lowest BCUT2D eigenvalue weighted by Crippen LogP contribution is -2.58. The van der Waals surface area contributed by atoms with Crippen LogP contribution < -0.4 is 5.32 Å². The van der Waals surface area contributed by atoms with Crippen molar-refractivity contribution in [3.8, 4) is 0 Å². The summed E-state index contributed by atoms with van der Waals surface area (Å²) in [5, 5.41) is 13.1. The largest absolute Gasteiger partial charge is 0.466 e. The first-order chi connectivity index (χ1) is 14.3. The fourth-order valence-electron chi connectivity index (χ4n) is 5.60. The van der Waals surface area contributed by atoms with Crippen molar-refractivity contribution in [3.63, 3.8) is 0 Å². The molecule has 0 radical (unpaired) electrons. The van der Waals surface area contributed by atoms with Crippen LogP contribution in [0.4, 0.5) is 0 Å². The van der Waals surface area contributed by atoms with Crippen LogP contribution in [0.2, 0.25) is 0 Å². The number of carbonyl (C=O) groups excluding carboxylic acids is 3. The zero-order valence-electron chi connectivity index (χ0n) is 18.6. The lowest BCUT2D eigenvalue weighted by atomic mass is 9.71. The number of aliphatic hydroxyl groups excluding tert-OH is 1. The Morgan fingerprint density at radius 1 is 1.37 bits per heavy atom. The second kappa shape index (κ2) is 9.22. The predicted molar refractivity (Wildman–Crippen MR) is 109 cm³/mol. The van der Waals surface area contributed by atoms with Gasteiger partial charge in [-0.25, -0.2) is 0 Å². The van der Waals surface area contributed by atoms with E-state index in [1.807, 2.05) is 20.8 Å². The predicted octanol–water partition coefficient (Wildman–Crippen LogP) is 1.25. The van der Waals surface area contributed by atoms with E-state index in [9.17, 15) is 19.5 Å². The van der Waals surface area contributed by atoms with Crippen LogP contribution in [0.5, 0.6) is 0 Å². The highest BCUT2D eigenvalue weighted by molar-refractivity contribution is 5.98. The number of carbonyl (C=O) groups is 3. The Hall–Kier alpha value is -1.67. The van der Waals surface area contributed by atoms with Gasteiger partial charge in [0.1, 0.15) is 11.6 Å². The van der Waals surface area contributed by atoms with E-state index in [4.69, 9.17) is 9.47 Å². The standard InChI is InChI=1S/C22H36N2O6/c1-5-7-10-23-19(26)18-22-9-8-15(30-22)16(21(28)29-6-2)17(22)20(27)24(18)14(12-25)11-13(3)4/h13-18,25H,5-12H2,1-4H3,(H,23,26)/t14-,15+,16-,17+,18?,22?/m1/s1. The summed E-state index contributed by atoms with van der Waals surface area (Å²) in [6.07, 6.45) is 3.12. The number of ether oxygens (including phenoxy) is 2. The summed E-state index contributed by atoms with van der Waals surface area (Å²) in [6, 6.07) is -1.34. The van der Waals surface area contributed by atoms with Gasteiger partial charge in [-0.2, -0.15) is 0 Å². The summed E-state index contributed by atoms with van der Waals surface area (Å²) in [4.78, 5) is 41.2. The molecule has 3 rings (SSSR count). The van der Waals surface area contributed by atoms with Crippen LogP contribution in [-0.4, -0.2) is 71.3 Å². The average Bonchev–Trinajstić information content (AvgIpc) is 3.33. The molecule has 2 bridgehead atoms. The molecule has 30 heavy (non-hydrogen) atoms. The summed E-state index contributed by atoms with van der Waals surface area (Å²) < 4.78 is 11.6. The van der Waals surface area contributed by atoms with Crippen molar-refractivity contribution < 1.29 is 29.0 Å². The minimum Gasteiger partial charge on any atom is -0.466 e. The summed E-state index contributed by atoms with van der Waals surface area (Å²) in [7, 11) is 0. The molecule has 2 unspecified atom stereocenters. The number of unbranched alkanes of at least 4 members (excludes halogenated alkanes) is 1. The van der Waals surface area contributed by atoms with E-state index in [0.29, 0.717) is 25.8 Å². The van der Waals surface area contributed by atoms with Crippen LogP contribution in [0.1, 0.15) is 59.8 Å². The zero-order valence-corrected chi connectivity index (χ0v) is 18.6. The van der Waals surface area contributed by atoms with Crippen molar-refractivity contribution >= 4 is 17.8 Å². The molecule has 2 N–H and O–H groups in total. The second-order valence-electron chi connectivity index (χ2n) is 9.16. The van der Waals surface area contributed by atoms with Gasteiger partial charge in [-0.3, -0.25) is 14.4 Å². The van der Waals surface area contributed by atoms with Gasteiger partial charge >= 0.3 is 5.97 Å². The Balaban J connectivity index is 1.98. The van der Waals surface area contributed by atoms with Crippen LogP contribution >= 0.6 is 0 Å². The monoisotopic (exact) mass is 424 g/mol. The van der Waals surface area contributed by atoms with E-state index in [-0.39, 0.29) is 30.9 Å². The van der Waals surface area contributed by atoms with Crippen molar-refractivity contribution in [1.29, 1.82) is 0 Å². The third-order valence-corrected chi connectivity index (χ3v) is 6.72. The molecule has 2 amide bonds. The first kappa shape index (κ1) is 23.0. The summed E-state index contributed by atoms with van der Waals surface area (Å²) in [6.45, 7) is 8.32. The highest BCUT2D eigenvalue weighted by atomic mass is 16.6. The Morgan fingerprint density at radius 2 is 2.10 bits per heavy atom. The van der Waals surface area contributed by atoms with Crippen LogP contribution in [0.25, 0.3) is 0 Å². The molecule has 0 aromatic heterocycles. The molecule has 3 aliphatic heterocycles. The van der Waals surface area contributed by atoms with Crippen molar-refractivity contribution in [2.75, 3.05) is 19.8 Å². The van der Waals surface area contributed by atoms with E-state index in [1.165, 1.54) is 4.90 Å². The fraction of sp³-hybridized carbons (Fsp3) is 0.864. The van der Waals surface area contributed by atoms with Crippen LogP contribution in [0.15, 0.2) is 0 Å². The smallest absolute Gasteiger partial charge is 0.312 e. The first-order valence-electron chi connectivity index (χ1n) is 11.4. The van der Waals surface area contributed by atoms with Crippen molar-refractivity contribution in [1.82, 2.24) is 10.2 Å². The van der Waals surface area contributed by atoms with Crippen molar-refractivity contribution in [3.05, 3.63) is 0 Å². The second-order valence-corrected chi connectivity index (χ2v) is 9.16. The highest BCUT2D eigenvalue weighted by Gasteiger charge is 2.75. The SMILES string of the molecule is CCCCNC(=O)C1N([C@@H](CO)CC(C)C)C(=O)[C@@H]2[C@H](C(=O)OCC)[C@@H]3CCC12O3. The summed E-state index contributed by atoms with van der Waals surface area (Å²) in [5.74, 6) is -2.16. The summed E-state index contributed by atoms with van der Waals surface area (Å²) in [5.41, 5.74) is -1.03. The average molecular weight is 425 g/mol. The number of hydrogen-bond donors (Lipinski definition) is 2. The number of hydrogen-bond acceptors (Lipinski definition) is 6. The molecule has 0 aromatic rings. The molecular formula is C22H36N2O6. The maximum Gasteiger partial charge on any atom is 0.312 e. The minimum absolute atomic E-state index is 0.229.